The second-order valence-electron chi connectivity index (χ2n) is 4.73. The molecule has 1 aliphatic rings. The van der Waals surface area contributed by atoms with Crippen molar-refractivity contribution < 1.29 is 0 Å². The van der Waals surface area contributed by atoms with Gasteiger partial charge in [-0.1, -0.05) is 25.3 Å². The van der Waals surface area contributed by atoms with Crippen molar-refractivity contribution in [2.75, 3.05) is 6.54 Å². The van der Waals surface area contributed by atoms with E-state index in [2.05, 4.69) is 57.9 Å². The first-order chi connectivity index (χ1) is 6.96. The van der Waals surface area contributed by atoms with E-state index in [1.807, 2.05) is 0 Å². The minimum Gasteiger partial charge on any atom is -0.366 e. The molecule has 0 aromatic rings. The summed E-state index contributed by atoms with van der Waals surface area (Å²) in [5.74, 6) is 0.501. The van der Waals surface area contributed by atoms with Crippen LogP contribution in [0.1, 0.15) is 34.1 Å². The van der Waals surface area contributed by atoms with Crippen molar-refractivity contribution in [1.29, 1.82) is 0 Å². The molecule has 1 rings (SSSR count). The zero-order chi connectivity index (χ0) is 11.6. The number of hydrogen-bond acceptors (Lipinski definition) is 1. The van der Waals surface area contributed by atoms with Gasteiger partial charge in [0, 0.05) is 23.7 Å². The van der Waals surface area contributed by atoms with Crippen molar-refractivity contribution in [3.05, 3.63) is 36.6 Å². The van der Waals surface area contributed by atoms with Crippen LogP contribution < -0.4 is 0 Å². The Morgan fingerprint density at radius 1 is 1.40 bits per heavy atom. The Hall–Kier alpha value is -0.980. The van der Waals surface area contributed by atoms with Crippen LogP contribution in [0.5, 0.6) is 0 Å². The van der Waals surface area contributed by atoms with E-state index in [4.69, 9.17) is 0 Å². The molecular weight excluding hydrogens is 182 g/mol. The van der Waals surface area contributed by atoms with Crippen molar-refractivity contribution in [3.63, 3.8) is 0 Å². The molecule has 0 spiro atoms. The van der Waals surface area contributed by atoms with E-state index < -0.39 is 0 Å². The van der Waals surface area contributed by atoms with Gasteiger partial charge in [-0.3, -0.25) is 0 Å². The van der Waals surface area contributed by atoms with Gasteiger partial charge in [0.1, 0.15) is 0 Å². The summed E-state index contributed by atoms with van der Waals surface area (Å²) in [5.41, 5.74) is 2.49. The summed E-state index contributed by atoms with van der Waals surface area (Å²) in [6, 6.07) is 0. The first-order valence-corrected chi connectivity index (χ1v) is 5.73. The van der Waals surface area contributed by atoms with Crippen LogP contribution in [0, 0.1) is 5.92 Å². The molecule has 15 heavy (non-hydrogen) atoms. The molecule has 84 valence electrons. The maximum atomic E-state index is 4.19. The van der Waals surface area contributed by atoms with Crippen LogP contribution in [-0.4, -0.2) is 17.0 Å². The van der Waals surface area contributed by atoms with Crippen LogP contribution >= 0.6 is 0 Å². The molecule has 0 amide bonds. The van der Waals surface area contributed by atoms with Crippen LogP contribution in [0.2, 0.25) is 0 Å². The SMILES string of the molecule is C=C1C(=C)N(CC)C(C)(C)C1C/C=C\C. The maximum Gasteiger partial charge on any atom is 0.0417 e. The van der Waals surface area contributed by atoms with Gasteiger partial charge in [0.15, 0.2) is 0 Å². The van der Waals surface area contributed by atoms with Crippen molar-refractivity contribution in [2.45, 2.75) is 39.7 Å². The summed E-state index contributed by atoms with van der Waals surface area (Å²) in [4.78, 5) is 2.36. The molecule has 0 aromatic heterocycles. The van der Waals surface area contributed by atoms with Crippen LogP contribution in [0.25, 0.3) is 0 Å². The number of allylic oxidation sites excluding steroid dienone is 3. The molecule has 1 aliphatic heterocycles. The first kappa shape index (κ1) is 12.1. The highest BCUT2D eigenvalue weighted by molar-refractivity contribution is 5.37. The Balaban J connectivity index is 2.97. The third-order valence-electron chi connectivity index (χ3n) is 3.59. The molecule has 0 radical (unpaired) electrons. The van der Waals surface area contributed by atoms with Crippen LogP contribution in [0.4, 0.5) is 0 Å². The number of nitrogens with zero attached hydrogens (tertiary/aromatic N) is 1. The molecule has 1 unspecified atom stereocenters. The average Bonchev–Trinajstić information content (AvgIpc) is 2.32. The summed E-state index contributed by atoms with van der Waals surface area (Å²) < 4.78 is 0. The molecule has 0 bridgehead atoms. The topological polar surface area (TPSA) is 3.24 Å². The van der Waals surface area contributed by atoms with Gasteiger partial charge >= 0.3 is 0 Å². The third-order valence-corrected chi connectivity index (χ3v) is 3.59. The largest absolute Gasteiger partial charge is 0.366 e. The summed E-state index contributed by atoms with van der Waals surface area (Å²) >= 11 is 0. The Morgan fingerprint density at radius 3 is 2.40 bits per heavy atom. The van der Waals surface area contributed by atoms with Gasteiger partial charge in [0.25, 0.3) is 0 Å². The smallest absolute Gasteiger partial charge is 0.0417 e. The van der Waals surface area contributed by atoms with E-state index in [-0.39, 0.29) is 5.54 Å². The number of rotatable bonds is 3. The minimum atomic E-state index is 0.155. The van der Waals surface area contributed by atoms with Crippen molar-refractivity contribution >= 4 is 0 Å². The number of hydrogen-bond donors (Lipinski definition) is 0. The molecule has 0 saturated carbocycles. The van der Waals surface area contributed by atoms with Gasteiger partial charge < -0.3 is 4.90 Å². The lowest BCUT2D eigenvalue weighted by atomic mass is 9.83. The summed E-state index contributed by atoms with van der Waals surface area (Å²) in [6.45, 7) is 18.2. The minimum absolute atomic E-state index is 0.155. The molecule has 0 aromatic carbocycles. The lowest BCUT2D eigenvalue weighted by Crippen LogP contribution is -2.41. The maximum absolute atomic E-state index is 4.19. The van der Waals surface area contributed by atoms with Crippen molar-refractivity contribution in [3.8, 4) is 0 Å². The average molecular weight is 205 g/mol. The Kier molecular flexibility index (Phi) is 3.43. The monoisotopic (exact) mass is 205 g/mol. The second-order valence-corrected chi connectivity index (χ2v) is 4.73. The van der Waals surface area contributed by atoms with E-state index in [0.29, 0.717) is 5.92 Å². The van der Waals surface area contributed by atoms with Gasteiger partial charge in [-0.2, -0.15) is 0 Å². The van der Waals surface area contributed by atoms with Crippen molar-refractivity contribution in [1.82, 2.24) is 4.90 Å². The van der Waals surface area contributed by atoms with Crippen molar-refractivity contribution in [2.24, 2.45) is 5.92 Å². The summed E-state index contributed by atoms with van der Waals surface area (Å²) in [7, 11) is 0. The lowest BCUT2D eigenvalue weighted by Gasteiger charge is -2.36. The second kappa shape index (κ2) is 4.26. The molecule has 1 fully saturated rings. The van der Waals surface area contributed by atoms with Crippen LogP contribution in [-0.2, 0) is 0 Å². The summed E-state index contributed by atoms with van der Waals surface area (Å²) in [6.07, 6.45) is 5.41. The van der Waals surface area contributed by atoms with E-state index in [9.17, 15) is 0 Å². The van der Waals surface area contributed by atoms with E-state index in [0.717, 1.165) is 18.7 Å². The third kappa shape index (κ3) is 1.88. The number of likely N-dealkylation sites (N-methyl/N-ethyl adjacent to an activating group) is 1. The van der Waals surface area contributed by atoms with E-state index >= 15 is 0 Å². The molecular formula is C14H23N. The van der Waals surface area contributed by atoms with Gasteiger partial charge in [0.05, 0.1) is 0 Å². The quantitative estimate of drug-likeness (QED) is 0.634. The molecule has 0 N–H and O–H groups in total. The molecule has 1 heterocycles. The van der Waals surface area contributed by atoms with Crippen LogP contribution in [0.15, 0.2) is 36.6 Å². The molecule has 1 saturated heterocycles. The molecule has 0 aliphatic carbocycles. The lowest BCUT2D eigenvalue weighted by molar-refractivity contribution is 0.170. The molecule has 1 nitrogen and oxygen atoms in total. The molecule has 1 heteroatoms. The fourth-order valence-electron chi connectivity index (χ4n) is 2.64. The highest BCUT2D eigenvalue weighted by atomic mass is 15.2. The van der Waals surface area contributed by atoms with Gasteiger partial charge in [-0.15, -0.1) is 0 Å². The van der Waals surface area contributed by atoms with E-state index in [1.165, 1.54) is 5.57 Å². The Bertz CT molecular complexity index is 296. The standard InChI is InChI=1S/C14H23N/c1-7-9-10-13-11(3)12(4)15(8-2)14(13,5)6/h7,9,13H,3-4,8,10H2,1-2,5-6H3/b9-7-. The zero-order valence-corrected chi connectivity index (χ0v) is 10.5. The zero-order valence-electron chi connectivity index (χ0n) is 10.5. The Morgan fingerprint density at radius 2 is 2.00 bits per heavy atom. The van der Waals surface area contributed by atoms with E-state index in [1.54, 1.807) is 0 Å². The number of likely N-dealkylation sites (tertiary alicyclic amines) is 1. The van der Waals surface area contributed by atoms with Gasteiger partial charge in [-0.05, 0) is 39.7 Å². The first-order valence-electron chi connectivity index (χ1n) is 5.73. The fourth-order valence-corrected chi connectivity index (χ4v) is 2.64. The highest BCUT2D eigenvalue weighted by Gasteiger charge is 2.43. The van der Waals surface area contributed by atoms with Gasteiger partial charge in [-0.25, -0.2) is 0 Å². The molecule has 1 atom stereocenters. The normalized spacial score (nSPS) is 25.6. The predicted octanol–water partition coefficient (Wildman–Crippen LogP) is 3.75. The highest BCUT2D eigenvalue weighted by Crippen LogP contribution is 2.45. The Labute approximate surface area is 94.2 Å². The van der Waals surface area contributed by atoms with Crippen LogP contribution in [0.3, 0.4) is 0 Å². The van der Waals surface area contributed by atoms with Gasteiger partial charge in [0.2, 0.25) is 0 Å². The fraction of sp³-hybridized carbons (Fsp3) is 0.571. The summed E-state index contributed by atoms with van der Waals surface area (Å²) in [5, 5.41) is 0. The predicted molar refractivity (Wildman–Crippen MR) is 67.7 cm³/mol.